The number of aromatic nitrogens is 5. The van der Waals surface area contributed by atoms with Crippen molar-refractivity contribution in [2.75, 3.05) is 38.1 Å². The minimum Gasteiger partial charge on any atom is -0.381 e. The summed E-state index contributed by atoms with van der Waals surface area (Å²) in [6.07, 6.45) is 4.02. The molecule has 2 atom stereocenters. The van der Waals surface area contributed by atoms with Gasteiger partial charge in [0.1, 0.15) is 29.9 Å². The van der Waals surface area contributed by atoms with E-state index in [1.807, 2.05) is 12.1 Å². The molecule has 3 heterocycles. The Bertz CT molecular complexity index is 1430. The Balaban J connectivity index is 1.55. The Morgan fingerprint density at radius 1 is 1.08 bits per heavy atom. The third kappa shape index (κ3) is 4.35. The van der Waals surface area contributed by atoms with E-state index in [1.165, 1.54) is 34.3 Å². The number of anilines is 1. The standard InChI is InChI=1S/C25H27F2N7O2/c1-17(25(36,13-33-15-28-14-30-33)21-6-3-18(26)11-22(21)27)34-16-29-23-12-19(4-5-20(23)24(34)35)32-9-7-31(2)8-10-32/h3-6,11-12,14-17,36H,7-10,13H2,1-2H3. The number of halogens is 2. The van der Waals surface area contributed by atoms with Crippen LogP contribution in [0.4, 0.5) is 14.5 Å². The summed E-state index contributed by atoms with van der Waals surface area (Å²) in [5.41, 5.74) is -0.983. The highest BCUT2D eigenvalue weighted by molar-refractivity contribution is 5.81. The number of fused-ring (bicyclic) bond motifs is 1. The molecule has 2 aromatic carbocycles. The molecule has 1 saturated heterocycles. The molecule has 0 saturated carbocycles. The van der Waals surface area contributed by atoms with Crippen LogP contribution in [0.5, 0.6) is 0 Å². The number of rotatable bonds is 6. The molecule has 0 amide bonds. The maximum absolute atomic E-state index is 14.9. The SMILES string of the molecule is CC(n1cnc2cc(N3CCN(C)CC3)ccc2c1=O)C(O)(Cn1cncn1)c1ccc(F)cc1F. The number of benzene rings is 2. The molecule has 36 heavy (non-hydrogen) atoms. The van der Waals surface area contributed by atoms with E-state index < -0.39 is 23.3 Å². The third-order valence-electron chi connectivity index (χ3n) is 7.01. The van der Waals surface area contributed by atoms with Crippen LogP contribution in [0.3, 0.4) is 0 Å². The molecule has 1 N–H and O–H groups in total. The quantitative estimate of drug-likeness (QED) is 0.438. The van der Waals surface area contributed by atoms with Crippen molar-refractivity contribution < 1.29 is 13.9 Å². The van der Waals surface area contributed by atoms with Crippen LogP contribution < -0.4 is 10.5 Å². The van der Waals surface area contributed by atoms with Gasteiger partial charge in [-0.05, 0) is 38.2 Å². The first kappa shape index (κ1) is 24.0. The molecule has 0 spiro atoms. The van der Waals surface area contributed by atoms with Gasteiger partial charge in [0, 0.05) is 43.5 Å². The minimum atomic E-state index is -1.97. The number of aliphatic hydroxyl groups is 1. The zero-order valence-corrected chi connectivity index (χ0v) is 20.1. The number of hydrogen-bond donors (Lipinski definition) is 1. The van der Waals surface area contributed by atoms with E-state index in [0.717, 1.165) is 37.9 Å². The Kier molecular flexibility index (Phi) is 6.27. The topological polar surface area (TPSA) is 92.3 Å². The van der Waals surface area contributed by atoms with Gasteiger partial charge in [-0.15, -0.1) is 0 Å². The van der Waals surface area contributed by atoms with Crippen molar-refractivity contribution in [2.24, 2.45) is 0 Å². The van der Waals surface area contributed by atoms with Crippen molar-refractivity contribution in [1.29, 1.82) is 0 Å². The van der Waals surface area contributed by atoms with Crippen LogP contribution in [-0.2, 0) is 12.1 Å². The maximum atomic E-state index is 14.9. The minimum absolute atomic E-state index is 0.163. The first-order chi connectivity index (χ1) is 17.3. The number of nitrogens with zero attached hydrogens (tertiary/aromatic N) is 7. The third-order valence-corrected chi connectivity index (χ3v) is 7.01. The van der Waals surface area contributed by atoms with E-state index in [9.17, 15) is 18.7 Å². The van der Waals surface area contributed by atoms with Crippen LogP contribution in [0.2, 0.25) is 0 Å². The highest BCUT2D eigenvalue weighted by Gasteiger charge is 2.41. The average molecular weight is 496 g/mol. The summed E-state index contributed by atoms with van der Waals surface area (Å²) in [6.45, 7) is 5.05. The van der Waals surface area contributed by atoms with Crippen molar-refractivity contribution in [3.63, 3.8) is 0 Å². The molecule has 0 aliphatic carbocycles. The molecule has 2 aromatic heterocycles. The summed E-state index contributed by atoms with van der Waals surface area (Å²) in [6, 6.07) is 7.49. The monoisotopic (exact) mass is 495 g/mol. The van der Waals surface area contributed by atoms with Gasteiger partial charge in [-0.3, -0.25) is 9.36 Å². The molecule has 0 bridgehead atoms. The summed E-state index contributed by atoms with van der Waals surface area (Å²) >= 11 is 0. The van der Waals surface area contributed by atoms with E-state index in [1.54, 1.807) is 13.0 Å². The predicted molar refractivity (Wildman–Crippen MR) is 131 cm³/mol. The molecule has 11 heteroatoms. The van der Waals surface area contributed by atoms with Crippen LogP contribution >= 0.6 is 0 Å². The van der Waals surface area contributed by atoms with Crippen molar-refractivity contribution in [3.05, 3.63) is 82.9 Å². The lowest BCUT2D eigenvalue weighted by Crippen LogP contribution is -2.44. The average Bonchev–Trinajstić information content (AvgIpc) is 3.37. The van der Waals surface area contributed by atoms with Crippen molar-refractivity contribution in [1.82, 2.24) is 29.2 Å². The van der Waals surface area contributed by atoms with Gasteiger partial charge >= 0.3 is 0 Å². The number of hydrogen-bond acceptors (Lipinski definition) is 7. The second kappa shape index (κ2) is 9.40. The van der Waals surface area contributed by atoms with Gasteiger partial charge in [-0.25, -0.2) is 23.4 Å². The van der Waals surface area contributed by atoms with Gasteiger partial charge in [0.15, 0.2) is 0 Å². The Hall–Kier alpha value is -3.70. The largest absolute Gasteiger partial charge is 0.381 e. The molecule has 1 fully saturated rings. The highest BCUT2D eigenvalue weighted by Crippen LogP contribution is 2.36. The second-order valence-electron chi connectivity index (χ2n) is 9.27. The van der Waals surface area contributed by atoms with E-state index in [-0.39, 0.29) is 17.7 Å². The smallest absolute Gasteiger partial charge is 0.261 e. The van der Waals surface area contributed by atoms with Crippen molar-refractivity contribution in [2.45, 2.75) is 25.1 Å². The fourth-order valence-electron chi connectivity index (χ4n) is 4.74. The number of likely N-dealkylation sites (N-methyl/N-ethyl adjacent to an activating group) is 1. The van der Waals surface area contributed by atoms with Crippen molar-refractivity contribution >= 4 is 16.6 Å². The normalized spacial score (nSPS) is 17.3. The summed E-state index contributed by atoms with van der Waals surface area (Å²) in [7, 11) is 2.09. The molecular formula is C25H27F2N7O2. The fraction of sp³-hybridized carbons (Fsp3) is 0.360. The molecule has 5 rings (SSSR count). The van der Waals surface area contributed by atoms with Gasteiger partial charge < -0.3 is 14.9 Å². The lowest BCUT2D eigenvalue weighted by Gasteiger charge is -2.35. The second-order valence-corrected chi connectivity index (χ2v) is 9.27. The summed E-state index contributed by atoms with van der Waals surface area (Å²) < 4.78 is 31.1. The molecule has 2 unspecified atom stereocenters. The zero-order valence-electron chi connectivity index (χ0n) is 20.1. The molecule has 1 aliphatic rings. The zero-order chi connectivity index (χ0) is 25.4. The Morgan fingerprint density at radius 3 is 2.56 bits per heavy atom. The van der Waals surface area contributed by atoms with E-state index in [4.69, 9.17) is 0 Å². The fourth-order valence-corrected chi connectivity index (χ4v) is 4.74. The molecule has 1 aliphatic heterocycles. The molecule has 0 radical (unpaired) electrons. The van der Waals surface area contributed by atoms with E-state index in [0.29, 0.717) is 17.0 Å². The lowest BCUT2D eigenvalue weighted by atomic mass is 9.86. The number of piperazine rings is 1. The summed E-state index contributed by atoms with van der Waals surface area (Å²) in [4.78, 5) is 26.4. The van der Waals surface area contributed by atoms with Crippen LogP contribution in [0.1, 0.15) is 18.5 Å². The van der Waals surface area contributed by atoms with Crippen LogP contribution in [0.15, 0.2) is 60.2 Å². The summed E-state index contributed by atoms with van der Waals surface area (Å²) in [5, 5.41) is 16.2. The highest BCUT2D eigenvalue weighted by atomic mass is 19.1. The van der Waals surface area contributed by atoms with Crippen LogP contribution in [0.25, 0.3) is 10.9 Å². The Labute approximate surface area is 206 Å². The van der Waals surface area contributed by atoms with Gasteiger partial charge in [0.2, 0.25) is 0 Å². The van der Waals surface area contributed by atoms with Gasteiger partial charge in [0.05, 0.1) is 29.8 Å². The molecular weight excluding hydrogens is 468 g/mol. The maximum Gasteiger partial charge on any atom is 0.261 e. The lowest BCUT2D eigenvalue weighted by molar-refractivity contribution is -0.0343. The molecule has 4 aromatic rings. The van der Waals surface area contributed by atoms with Crippen LogP contribution in [0, 0.1) is 11.6 Å². The first-order valence-electron chi connectivity index (χ1n) is 11.7. The van der Waals surface area contributed by atoms with Gasteiger partial charge in [-0.2, -0.15) is 5.10 Å². The van der Waals surface area contributed by atoms with Gasteiger partial charge in [0.25, 0.3) is 5.56 Å². The molecule has 9 nitrogen and oxygen atoms in total. The summed E-state index contributed by atoms with van der Waals surface area (Å²) in [5.74, 6) is -1.70. The van der Waals surface area contributed by atoms with E-state index in [2.05, 4.69) is 31.9 Å². The van der Waals surface area contributed by atoms with E-state index >= 15 is 0 Å². The Morgan fingerprint density at radius 2 is 1.86 bits per heavy atom. The first-order valence-corrected chi connectivity index (χ1v) is 11.7. The molecule has 188 valence electrons. The van der Waals surface area contributed by atoms with Gasteiger partial charge in [-0.1, -0.05) is 6.07 Å². The van der Waals surface area contributed by atoms with Crippen molar-refractivity contribution in [3.8, 4) is 0 Å². The predicted octanol–water partition coefficient (Wildman–Crippen LogP) is 2.17. The van der Waals surface area contributed by atoms with Crippen LogP contribution in [-0.4, -0.2) is 67.5 Å².